The molecule has 3 atom stereocenters. The number of halogens is 1. The van der Waals surface area contributed by atoms with Crippen LogP contribution in [-0.2, 0) is 4.79 Å². The maximum atomic E-state index is 11.9. The van der Waals surface area contributed by atoms with Gasteiger partial charge in [-0.25, -0.2) is 0 Å². The summed E-state index contributed by atoms with van der Waals surface area (Å²) in [6.07, 6.45) is 0.904. The van der Waals surface area contributed by atoms with Crippen LogP contribution in [0.15, 0.2) is 28.7 Å². The fourth-order valence-corrected chi connectivity index (χ4v) is 1.92. The Kier molecular flexibility index (Phi) is 5.82. The predicted molar refractivity (Wildman–Crippen MR) is 78.1 cm³/mol. The molecule has 1 aromatic carbocycles. The lowest BCUT2D eigenvalue weighted by atomic mass is 9.98. The molecule has 0 aromatic heterocycles. The molecule has 0 saturated carbocycles. The molecule has 0 aliphatic rings. The van der Waals surface area contributed by atoms with Gasteiger partial charge in [-0.1, -0.05) is 48.3 Å². The SMILES string of the molecule is CC[C@H](C)[C@H](N)C(=O)NC(C)c1ccc(Br)cc1. The van der Waals surface area contributed by atoms with Gasteiger partial charge in [-0.3, -0.25) is 4.79 Å². The van der Waals surface area contributed by atoms with E-state index in [2.05, 4.69) is 21.2 Å². The average molecular weight is 313 g/mol. The smallest absolute Gasteiger partial charge is 0.237 e. The average Bonchev–Trinajstić information content (AvgIpc) is 2.37. The summed E-state index contributed by atoms with van der Waals surface area (Å²) in [6.45, 7) is 6.00. The standard InChI is InChI=1S/C14H21BrN2O/c1-4-9(2)13(16)14(18)17-10(3)11-5-7-12(15)8-6-11/h5-10,13H,4,16H2,1-3H3,(H,17,18)/t9-,10?,13-/m0/s1. The van der Waals surface area contributed by atoms with Crippen molar-refractivity contribution in [1.82, 2.24) is 5.32 Å². The fourth-order valence-electron chi connectivity index (χ4n) is 1.66. The molecule has 0 fully saturated rings. The minimum absolute atomic E-state index is 0.0271. The molecule has 1 aromatic rings. The number of hydrogen-bond donors (Lipinski definition) is 2. The van der Waals surface area contributed by atoms with Crippen LogP contribution < -0.4 is 11.1 Å². The first-order valence-electron chi connectivity index (χ1n) is 6.27. The number of nitrogens with two attached hydrogens (primary N) is 1. The highest BCUT2D eigenvalue weighted by atomic mass is 79.9. The number of hydrogen-bond acceptors (Lipinski definition) is 2. The number of carbonyl (C=O) groups excluding carboxylic acids is 1. The molecule has 0 aliphatic carbocycles. The van der Waals surface area contributed by atoms with E-state index in [1.807, 2.05) is 45.0 Å². The summed E-state index contributed by atoms with van der Waals surface area (Å²) < 4.78 is 1.03. The molecule has 0 bridgehead atoms. The zero-order valence-corrected chi connectivity index (χ0v) is 12.7. The van der Waals surface area contributed by atoms with E-state index in [9.17, 15) is 4.79 Å². The van der Waals surface area contributed by atoms with E-state index in [0.717, 1.165) is 16.5 Å². The lowest BCUT2D eigenvalue weighted by Crippen LogP contribution is -2.45. The zero-order valence-electron chi connectivity index (χ0n) is 11.1. The summed E-state index contributed by atoms with van der Waals surface area (Å²) >= 11 is 3.39. The van der Waals surface area contributed by atoms with Crippen molar-refractivity contribution in [3.8, 4) is 0 Å². The van der Waals surface area contributed by atoms with Gasteiger partial charge in [-0.05, 0) is 30.5 Å². The Morgan fingerprint density at radius 3 is 2.39 bits per heavy atom. The van der Waals surface area contributed by atoms with Crippen LogP contribution in [0.1, 0.15) is 38.8 Å². The first-order chi connectivity index (χ1) is 8.45. The molecule has 1 rings (SSSR count). The van der Waals surface area contributed by atoms with Crippen LogP contribution in [0.25, 0.3) is 0 Å². The van der Waals surface area contributed by atoms with Crippen LogP contribution in [0.5, 0.6) is 0 Å². The van der Waals surface area contributed by atoms with E-state index < -0.39 is 6.04 Å². The number of amides is 1. The Balaban J connectivity index is 2.61. The van der Waals surface area contributed by atoms with Gasteiger partial charge in [0, 0.05) is 4.47 Å². The van der Waals surface area contributed by atoms with Crippen molar-refractivity contribution in [2.45, 2.75) is 39.3 Å². The van der Waals surface area contributed by atoms with Crippen molar-refractivity contribution in [3.63, 3.8) is 0 Å². The Morgan fingerprint density at radius 1 is 1.33 bits per heavy atom. The minimum Gasteiger partial charge on any atom is -0.348 e. The third-order valence-corrected chi connectivity index (χ3v) is 3.82. The van der Waals surface area contributed by atoms with Gasteiger partial charge in [0.15, 0.2) is 0 Å². The Morgan fingerprint density at radius 2 is 1.89 bits per heavy atom. The number of nitrogens with one attached hydrogen (secondary N) is 1. The van der Waals surface area contributed by atoms with Crippen LogP contribution in [0, 0.1) is 5.92 Å². The molecular formula is C14H21BrN2O. The third-order valence-electron chi connectivity index (χ3n) is 3.29. The van der Waals surface area contributed by atoms with Crippen molar-refractivity contribution < 1.29 is 4.79 Å². The maximum absolute atomic E-state index is 11.9. The molecule has 0 radical (unpaired) electrons. The topological polar surface area (TPSA) is 55.1 Å². The molecule has 18 heavy (non-hydrogen) atoms. The van der Waals surface area contributed by atoms with Gasteiger partial charge in [0.05, 0.1) is 12.1 Å². The van der Waals surface area contributed by atoms with Gasteiger partial charge in [-0.2, -0.15) is 0 Å². The quantitative estimate of drug-likeness (QED) is 0.878. The zero-order chi connectivity index (χ0) is 13.7. The molecule has 1 unspecified atom stereocenters. The number of carbonyl (C=O) groups is 1. The number of rotatable bonds is 5. The van der Waals surface area contributed by atoms with Crippen molar-refractivity contribution in [2.75, 3.05) is 0 Å². The van der Waals surface area contributed by atoms with Crippen LogP contribution in [0.2, 0.25) is 0 Å². The van der Waals surface area contributed by atoms with Crippen LogP contribution in [-0.4, -0.2) is 11.9 Å². The normalized spacial score (nSPS) is 15.8. The van der Waals surface area contributed by atoms with E-state index in [1.165, 1.54) is 0 Å². The Hall–Kier alpha value is -0.870. The molecule has 0 spiro atoms. The van der Waals surface area contributed by atoms with E-state index >= 15 is 0 Å². The summed E-state index contributed by atoms with van der Waals surface area (Å²) in [7, 11) is 0. The second-order valence-electron chi connectivity index (χ2n) is 4.69. The van der Waals surface area contributed by atoms with Crippen molar-refractivity contribution >= 4 is 21.8 Å². The molecule has 3 nitrogen and oxygen atoms in total. The summed E-state index contributed by atoms with van der Waals surface area (Å²) in [5.74, 6) is 0.113. The van der Waals surface area contributed by atoms with E-state index in [0.29, 0.717) is 0 Å². The molecule has 0 heterocycles. The fraction of sp³-hybridized carbons (Fsp3) is 0.500. The monoisotopic (exact) mass is 312 g/mol. The van der Waals surface area contributed by atoms with Crippen molar-refractivity contribution in [3.05, 3.63) is 34.3 Å². The van der Waals surface area contributed by atoms with Gasteiger partial charge in [0.1, 0.15) is 0 Å². The molecule has 1 amide bonds. The summed E-state index contributed by atoms with van der Waals surface area (Å²) in [4.78, 5) is 11.9. The molecule has 0 saturated heterocycles. The molecule has 4 heteroatoms. The van der Waals surface area contributed by atoms with Gasteiger partial charge in [0.25, 0.3) is 0 Å². The Labute approximate surface area is 117 Å². The van der Waals surface area contributed by atoms with Gasteiger partial charge >= 0.3 is 0 Å². The highest BCUT2D eigenvalue weighted by Crippen LogP contribution is 2.17. The van der Waals surface area contributed by atoms with Crippen LogP contribution in [0.3, 0.4) is 0 Å². The van der Waals surface area contributed by atoms with E-state index in [-0.39, 0.29) is 17.9 Å². The Bertz CT molecular complexity index is 391. The molecule has 100 valence electrons. The lowest BCUT2D eigenvalue weighted by molar-refractivity contribution is -0.124. The summed E-state index contributed by atoms with van der Waals surface area (Å²) in [6, 6.07) is 7.45. The summed E-state index contributed by atoms with van der Waals surface area (Å²) in [5.41, 5.74) is 6.97. The minimum atomic E-state index is -0.437. The summed E-state index contributed by atoms with van der Waals surface area (Å²) in [5, 5.41) is 2.95. The van der Waals surface area contributed by atoms with Crippen molar-refractivity contribution in [2.24, 2.45) is 11.7 Å². The highest BCUT2D eigenvalue weighted by molar-refractivity contribution is 9.10. The van der Waals surface area contributed by atoms with Gasteiger partial charge in [0.2, 0.25) is 5.91 Å². The molecular weight excluding hydrogens is 292 g/mol. The van der Waals surface area contributed by atoms with Crippen LogP contribution in [0.4, 0.5) is 0 Å². The highest BCUT2D eigenvalue weighted by Gasteiger charge is 2.21. The van der Waals surface area contributed by atoms with E-state index in [1.54, 1.807) is 0 Å². The first kappa shape index (κ1) is 15.2. The third kappa shape index (κ3) is 4.10. The second-order valence-corrected chi connectivity index (χ2v) is 5.61. The van der Waals surface area contributed by atoms with Crippen LogP contribution >= 0.6 is 15.9 Å². The van der Waals surface area contributed by atoms with Gasteiger partial charge < -0.3 is 11.1 Å². The first-order valence-corrected chi connectivity index (χ1v) is 7.06. The second kappa shape index (κ2) is 6.90. The molecule has 0 aliphatic heterocycles. The molecule has 3 N–H and O–H groups in total. The lowest BCUT2D eigenvalue weighted by Gasteiger charge is -2.21. The van der Waals surface area contributed by atoms with Crippen molar-refractivity contribution in [1.29, 1.82) is 0 Å². The maximum Gasteiger partial charge on any atom is 0.237 e. The largest absolute Gasteiger partial charge is 0.348 e. The van der Waals surface area contributed by atoms with E-state index in [4.69, 9.17) is 5.73 Å². The number of benzene rings is 1. The predicted octanol–water partition coefficient (Wildman–Crippen LogP) is 3.00. The van der Waals surface area contributed by atoms with Gasteiger partial charge in [-0.15, -0.1) is 0 Å².